The predicted molar refractivity (Wildman–Crippen MR) is 70.0 cm³/mol. The van der Waals surface area contributed by atoms with E-state index in [9.17, 15) is 13.2 Å². The molecule has 7 heteroatoms. The first-order chi connectivity index (χ1) is 9.40. The van der Waals surface area contributed by atoms with Gasteiger partial charge in [-0.25, -0.2) is 0 Å². The van der Waals surface area contributed by atoms with Gasteiger partial charge < -0.3 is 15.2 Å². The van der Waals surface area contributed by atoms with Crippen molar-refractivity contribution in [2.24, 2.45) is 5.73 Å². The lowest BCUT2D eigenvalue weighted by Gasteiger charge is -2.16. The molecule has 20 heavy (non-hydrogen) atoms. The summed E-state index contributed by atoms with van der Waals surface area (Å²) in [6.45, 7) is 0. The molecule has 0 aliphatic carbocycles. The predicted octanol–water partition coefficient (Wildman–Crippen LogP) is 3.70. The van der Waals surface area contributed by atoms with Crippen molar-refractivity contribution in [1.29, 1.82) is 0 Å². The molecule has 3 nitrogen and oxygen atoms in total. The third-order valence-electron chi connectivity index (χ3n) is 2.68. The Bertz CT molecular complexity index is 569. The monoisotopic (exact) mass is 303 g/mol. The molecule has 0 amide bonds. The van der Waals surface area contributed by atoms with Crippen LogP contribution >= 0.6 is 11.3 Å². The second kappa shape index (κ2) is 5.72. The molecule has 2 aromatic rings. The van der Waals surface area contributed by atoms with E-state index in [1.54, 1.807) is 0 Å². The molecule has 1 heterocycles. The van der Waals surface area contributed by atoms with Gasteiger partial charge in [0, 0.05) is 11.6 Å². The number of hydrogen-bond acceptors (Lipinski definition) is 4. The van der Waals surface area contributed by atoms with E-state index >= 15 is 0 Å². The van der Waals surface area contributed by atoms with Gasteiger partial charge in [0.05, 0.1) is 13.2 Å². The Hall–Kier alpha value is -1.73. The highest BCUT2D eigenvalue weighted by Gasteiger charge is 2.31. The highest BCUT2D eigenvalue weighted by Crippen LogP contribution is 2.34. The number of hydrogen-bond donors (Lipinski definition) is 1. The van der Waals surface area contributed by atoms with Crippen molar-refractivity contribution in [2.45, 2.75) is 12.4 Å². The van der Waals surface area contributed by atoms with Crippen LogP contribution in [-0.2, 0) is 0 Å². The van der Waals surface area contributed by atoms with E-state index in [1.165, 1.54) is 36.6 Å². The van der Waals surface area contributed by atoms with Crippen LogP contribution < -0.4 is 15.2 Å². The number of benzene rings is 1. The van der Waals surface area contributed by atoms with E-state index in [0.717, 1.165) is 5.56 Å². The van der Waals surface area contributed by atoms with Gasteiger partial charge in [0.15, 0.2) is 0 Å². The van der Waals surface area contributed by atoms with Gasteiger partial charge in [0.25, 0.3) is 0 Å². The third-order valence-corrected chi connectivity index (χ3v) is 3.38. The molecule has 0 fully saturated rings. The average molecular weight is 303 g/mol. The number of thiophene rings is 1. The summed E-state index contributed by atoms with van der Waals surface area (Å²) in [5.41, 5.74) is 7.55. The van der Waals surface area contributed by atoms with Crippen LogP contribution in [0.4, 0.5) is 13.2 Å². The summed E-state index contributed by atoms with van der Waals surface area (Å²) in [7, 11) is 1.37. The lowest BCUT2D eigenvalue weighted by atomic mass is 10.0. The van der Waals surface area contributed by atoms with Crippen LogP contribution in [0.1, 0.15) is 17.2 Å². The zero-order chi connectivity index (χ0) is 14.8. The van der Waals surface area contributed by atoms with Crippen LogP contribution in [-0.4, -0.2) is 13.5 Å². The minimum Gasteiger partial charge on any atom is -0.496 e. The van der Waals surface area contributed by atoms with E-state index in [4.69, 9.17) is 10.5 Å². The molecule has 1 aromatic carbocycles. The van der Waals surface area contributed by atoms with E-state index in [0.29, 0.717) is 5.56 Å². The first-order valence-corrected chi connectivity index (χ1v) is 6.56. The van der Waals surface area contributed by atoms with Crippen molar-refractivity contribution in [3.05, 3.63) is 46.2 Å². The Kier molecular flexibility index (Phi) is 4.20. The zero-order valence-corrected chi connectivity index (χ0v) is 11.3. The summed E-state index contributed by atoms with van der Waals surface area (Å²) >= 11 is 1.49. The number of halogens is 3. The van der Waals surface area contributed by atoms with Gasteiger partial charge in [-0.15, -0.1) is 13.2 Å². The summed E-state index contributed by atoms with van der Waals surface area (Å²) < 4.78 is 45.5. The second-order valence-corrected chi connectivity index (χ2v) is 4.77. The highest BCUT2D eigenvalue weighted by atomic mass is 32.1. The molecule has 1 atom stereocenters. The summed E-state index contributed by atoms with van der Waals surface area (Å²) in [6.07, 6.45) is -4.73. The lowest BCUT2D eigenvalue weighted by Crippen LogP contribution is -2.17. The minimum absolute atomic E-state index is 0.255. The molecule has 0 radical (unpaired) electrons. The average Bonchev–Trinajstić information content (AvgIpc) is 2.89. The van der Waals surface area contributed by atoms with Gasteiger partial charge in [-0.3, -0.25) is 0 Å². The number of ether oxygens (including phenoxy) is 2. The largest absolute Gasteiger partial charge is 0.573 e. The van der Waals surface area contributed by atoms with Gasteiger partial charge in [0.2, 0.25) is 0 Å². The molecule has 0 spiro atoms. The van der Waals surface area contributed by atoms with Gasteiger partial charge >= 0.3 is 6.36 Å². The van der Waals surface area contributed by atoms with Crippen LogP contribution in [0.2, 0.25) is 0 Å². The SMILES string of the molecule is COc1cc(OC(F)(F)F)ccc1[C@@H](N)c1ccsc1. The fourth-order valence-electron chi connectivity index (χ4n) is 1.78. The van der Waals surface area contributed by atoms with Crippen LogP contribution in [0.5, 0.6) is 11.5 Å². The third kappa shape index (κ3) is 3.43. The fraction of sp³-hybridized carbons (Fsp3) is 0.231. The Morgan fingerprint density at radius 2 is 2.00 bits per heavy atom. The van der Waals surface area contributed by atoms with Crippen molar-refractivity contribution >= 4 is 11.3 Å². The molecule has 0 saturated heterocycles. The molecule has 2 N–H and O–H groups in total. The number of alkyl halides is 3. The molecular formula is C13H12F3NO2S. The van der Waals surface area contributed by atoms with Gasteiger partial charge in [-0.2, -0.15) is 11.3 Å². The van der Waals surface area contributed by atoms with Gasteiger partial charge in [-0.1, -0.05) is 0 Å². The Morgan fingerprint density at radius 1 is 1.25 bits per heavy atom. The van der Waals surface area contributed by atoms with E-state index in [1.807, 2.05) is 16.8 Å². The van der Waals surface area contributed by atoms with Crippen LogP contribution in [0.25, 0.3) is 0 Å². The van der Waals surface area contributed by atoms with Crippen LogP contribution in [0.15, 0.2) is 35.0 Å². The topological polar surface area (TPSA) is 44.5 Å². The normalized spacial score (nSPS) is 13.1. The molecule has 1 aromatic heterocycles. The first-order valence-electron chi connectivity index (χ1n) is 5.62. The van der Waals surface area contributed by atoms with Crippen LogP contribution in [0, 0.1) is 0 Å². The van der Waals surface area contributed by atoms with E-state index < -0.39 is 12.4 Å². The standard InChI is InChI=1S/C13H12F3NO2S/c1-18-11-6-9(19-13(14,15)16)2-3-10(11)12(17)8-4-5-20-7-8/h2-7,12H,17H2,1H3/t12-/m0/s1. The molecule has 2 rings (SSSR count). The summed E-state index contributed by atoms with van der Waals surface area (Å²) in [4.78, 5) is 0. The van der Waals surface area contributed by atoms with Crippen molar-refractivity contribution in [2.75, 3.05) is 7.11 Å². The Balaban J connectivity index is 2.31. The van der Waals surface area contributed by atoms with Crippen molar-refractivity contribution < 1.29 is 22.6 Å². The van der Waals surface area contributed by atoms with Gasteiger partial charge in [0.1, 0.15) is 11.5 Å². The quantitative estimate of drug-likeness (QED) is 0.936. The smallest absolute Gasteiger partial charge is 0.496 e. The number of rotatable bonds is 4. The molecule has 0 bridgehead atoms. The zero-order valence-electron chi connectivity index (χ0n) is 10.5. The van der Waals surface area contributed by atoms with E-state index in [2.05, 4.69) is 4.74 Å². The maximum atomic E-state index is 12.2. The lowest BCUT2D eigenvalue weighted by molar-refractivity contribution is -0.274. The summed E-state index contributed by atoms with van der Waals surface area (Å²) in [5.74, 6) is -0.0823. The molecule has 0 aliphatic heterocycles. The number of nitrogens with two attached hydrogens (primary N) is 1. The molecule has 0 saturated carbocycles. The summed E-state index contributed by atoms with van der Waals surface area (Å²) in [5, 5.41) is 3.76. The molecular weight excluding hydrogens is 291 g/mol. The minimum atomic E-state index is -4.73. The molecule has 0 aliphatic rings. The van der Waals surface area contributed by atoms with Crippen molar-refractivity contribution in [3.63, 3.8) is 0 Å². The fourth-order valence-corrected chi connectivity index (χ4v) is 2.47. The van der Waals surface area contributed by atoms with Crippen LogP contribution in [0.3, 0.4) is 0 Å². The molecule has 0 unspecified atom stereocenters. The maximum Gasteiger partial charge on any atom is 0.573 e. The van der Waals surface area contributed by atoms with Crippen molar-refractivity contribution in [3.8, 4) is 11.5 Å². The summed E-state index contributed by atoms with van der Waals surface area (Å²) in [6, 6.07) is 5.26. The maximum absolute atomic E-state index is 12.2. The van der Waals surface area contributed by atoms with Crippen molar-refractivity contribution in [1.82, 2.24) is 0 Å². The number of methoxy groups -OCH3 is 1. The first kappa shape index (κ1) is 14.7. The van der Waals surface area contributed by atoms with E-state index in [-0.39, 0.29) is 11.5 Å². The molecule has 108 valence electrons. The second-order valence-electron chi connectivity index (χ2n) is 3.99. The Morgan fingerprint density at radius 3 is 2.55 bits per heavy atom. The Labute approximate surface area is 117 Å². The highest BCUT2D eigenvalue weighted by molar-refractivity contribution is 7.08. The van der Waals surface area contributed by atoms with Gasteiger partial charge in [-0.05, 0) is 34.5 Å².